The summed E-state index contributed by atoms with van der Waals surface area (Å²) >= 11 is 0. The van der Waals surface area contributed by atoms with Crippen LogP contribution in [-0.2, 0) is 6.18 Å². The van der Waals surface area contributed by atoms with Gasteiger partial charge in [0.1, 0.15) is 0 Å². The van der Waals surface area contributed by atoms with E-state index in [-0.39, 0.29) is 17.3 Å². The number of aromatic nitrogens is 3. The van der Waals surface area contributed by atoms with Crippen LogP contribution in [0.1, 0.15) is 34.7 Å². The number of pyridine rings is 1. The number of carbonyl (C=O) groups is 1. The first kappa shape index (κ1) is 17.6. The van der Waals surface area contributed by atoms with Crippen LogP contribution in [0.25, 0.3) is 11.5 Å². The second-order valence-electron chi connectivity index (χ2n) is 5.48. The third kappa shape index (κ3) is 3.88. The van der Waals surface area contributed by atoms with Gasteiger partial charge in [-0.2, -0.15) is 18.2 Å². The van der Waals surface area contributed by atoms with Crippen LogP contribution in [0.2, 0.25) is 0 Å². The fourth-order valence-corrected chi connectivity index (χ4v) is 2.17. The highest BCUT2D eigenvalue weighted by atomic mass is 19.4. The van der Waals surface area contributed by atoms with E-state index < -0.39 is 23.7 Å². The van der Waals surface area contributed by atoms with Crippen LogP contribution >= 0.6 is 0 Å². The van der Waals surface area contributed by atoms with Crippen molar-refractivity contribution >= 4 is 5.91 Å². The van der Waals surface area contributed by atoms with E-state index in [0.29, 0.717) is 11.8 Å². The number of amides is 1. The number of nitrogens with one attached hydrogen (secondary N) is 1. The Kier molecular flexibility index (Phi) is 4.70. The molecular weight excluding hydrogens is 349 g/mol. The van der Waals surface area contributed by atoms with E-state index >= 15 is 0 Å². The highest BCUT2D eigenvalue weighted by Crippen LogP contribution is 2.29. The predicted octanol–water partition coefficient (Wildman–Crippen LogP) is 3.64. The highest BCUT2D eigenvalue weighted by Gasteiger charge is 2.31. The van der Waals surface area contributed by atoms with Crippen LogP contribution < -0.4 is 5.32 Å². The summed E-state index contributed by atoms with van der Waals surface area (Å²) in [5.41, 5.74) is -0.492. The van der Waals surface area contributed by atoms with Crippen molar-refractivity contribution in [1.29, 1.82) is 0 Å². The van der Waals surface area contributed by atoms with Crippen LogP contribution in [-0.4, -0.2) is 21.0 Å². The molecule has 0 aliphatic heterocycles. The van der Waals surface area contributed by atoms with Gasteiger partial charge in [-0.05, 0) is 25.1 Å². The van der Waals surface area contributed by atoms with Gasteiger partial charge < -0.3 is 9.84 Å². The lowest BCUT2D eigenvalue weighted by Crippen LogP contribution is -2.27. The molecule has 3 rings (SSSR count). The SMILES string of the molecule is CC(NC(=O)c1cncc(C(F)(F)F)c1)c1noc(-c2ccccc2)n1. The Labute approximate surface area is 146 Å². The molecule has 1 aromatic carbocycles. The predicted molar refractivity (Wildman–Crippen MR) is 84.9 cm³/mol. The fourth-order valence-electron chi connectivity index (χ4n) is 2.17. The lowest BCUT2D eigenvalue weighted by Gasteiger charge is -2.11. The molecule has 2 aromatic heterocycles. The Balaban J connectivity index is 1.73. The van der Waals surface area contributed by atoms with E-state index in [2.05, 4.69) is 20.4 Å². The zero-order valence-electron chi connectivity index (χ0n) is 13.5. The molecule has 2 heterocycles. The molecule has 0 bridgehead atoms. The molecule has 1 unspecified atom stereocenters. The molecule has 1 N–H and O–H groups in total. The zero-order chi connectivity index (χ0) is 18.7. The van der Waals surface area contributed by atoms with Crippen molar-refractivity contribution in [3.63, 3.8) is 0 Å². The summed E-state index contributed by atoms with van der Waals surface area (Å²) in [6.45, 7) is 1.60. The zero-order valence-corrected chi connectivity index (χ0v) is 13.5. The van der Waals surface area contributed by atoms with Gasteiger partial charge in [0.05, 0.1) is 17.2 Å². The van der Waals surface area contributed by atoms with Gasteiger partial charge in [0, 0.05) is 18.0 Å². The first-order valence-corrected chi connectivity index (χ1v) is 7.57. The molecule has 0 aliphatic rings. The second-order valence-corrected chi connectivity index (χ2v) is 5.48. The molecular formula is C17H13F3N4O2. The second kappa shape index (κ2) is 6.95. The average molecular weight is 362 g/mol. The molecule has 6 nitrogen and oxygen atoms in total. The topological polar surface area (TPSA) is 80.9 Å². The minimum Gasteiger partial charge on any atom is -0.342 e. The Hall–Kier alpha value is -3.23. The molecule has 134 valence electrons. The van der Waals surface area contributed by atoms with E-state index in [1.54, 1.807) is 19.1 Å². The summed E-state index contributed by atoms with van der Waals surface area (Å²) < 4.78 is 43.3. The summed E-state index contributed by atoms with van der Waals surface area (Å²) in [7, 11) is 0. The van der Waals surface area contributed by atoms with Crippen LogP contribution in [0, 0.1) is 0 Å². The monoisotopic (exact) mass is 362 g/mol. The summed E-state index contributed by atoms with van der Waals surface area (Å²) in [6, 6.07) is 9.10. The van der Waals surface area contributed by atoms with Crippen LogP contribution in [0.5, 0.6) is 0 Å². The van der Waals surface area contributed by atoms with Crippen molar-refractivity contribution in [2.45, 2.75) is 19.1 Å². The summed E-state index contributed by atoms with van der Waals surface area (Å²) in [6.07, 6.45) is -2.86. The van der Waals surface area contributed by atoms with Crippen molar-refractivity contribution in [2.24, 2.45) is 0 Å². The van der Waals surface area contributed by atoms with Crippen LogP contribution in [0.4, 0.5) is 13.2 Å². The minimum absolute atomic E-state index is 0.206. The van der Waals surface area contributed by atoms with E-state index in [0.717, 1.165) is 12.3 Å². The third-order valence-electron chi connectivity index (χ3n) is 3.53. The maximum Gasteiger partial charge on any atom is 0.417 e. The van der Waals surface area contributed by atoms with Gasteiger partial charge in [-0.15, -0.1) is 0 Å². The Morgan fingerprint density at radius 1 is 1.19 bits per heavy atom. The molecule has 1 atom stereocenters. The van der Waals surface area contributed by atoms with Crippen molar-refractivity contribution in [1.82, 2.24) is 20.4 Å². The third-order valence-corrected chi connectivity index (χ3v) is 3.53. The van der Waals surface area contributed by atoms with Gasteiger partial charge in [-0.25, -0.2) is 0 Å². The molecule has 1 amide bonds. The fraction of sp³-hybridized carbons (Fsp3) is 0.176. The molecule has 3 aromatic rings. The van der Waals surface area contributed by atoms with Gasteiger partial charge in [0.15, 0.2) is 5.82 Å². The number of hydrogen-bond donors (Lipinski definition) is 1. The minimum atomic E-state index is -4.58. The first-order valence-electron chi connectivity index (χ1n) is 7.57. The normalized spacial score (nSPS) is 12.6. The molecule has 9 heteroatoms. The maximum atomic E-state index is 12.7. The largest absolute Gasteiger partial charge is 0.417 e. The van der Waals surface area contributed by atoms with E-state index in [9.17, 15) is 18.0 Å². The maximum absolute atomic E-state index is 12.7. The molecule has 0 saturated heterocycles. The lowest BCUT2D eigenvalue weighted by molar-refractivity contribution is -0.137. The Morgan fingerprint density at radius 2 is 1.92 bits per heavy atom. The van der Waals surface area contributed by atoms with Gasteiger partial charge in [0.25, 0.3) is 11.8 Å². The number of halogens is 3. The molecule has 0 radical (unpaired) electrons. The highest BCUT2D eigenvalue weighted by molar-refractivity contribution is 5.94. The number of carbonyl (C=O) groups excluding carboxylic acids is 1. The molecule has 0 aliphatic carbocycles. The van der Waals surface area contributed by atoms with E-state index in [1.165, 1.54) is 0 Å². The average Bonchev–Trinajstić information content (AvgIpc) is 3.12. The molecule has 0 spiro atoms. The first-order chi connectivity index (χ1) is 12.3. The molecule has 0 fully saturated rings. The van der Waals surface area contributed by atoms with Crippen molar-refractivity contribution < 1.29 is 22.5 Å². The number of rotatable bonds is 4. The van der Waals surface area contributed by atoms with Gasteiger partial charge in [-0.3, -0.25) is 9.78 Å². The van der Waals surface area contributed by atoms with Crippen molar-refractivity contribution in [3.05, 3.63) is 65.7 Å². The van der Waals surface area contributed by atoms with Gasteiger partial charge >= 0.3 is 6.18 Å². The smallest absolute Gasteiger partial charge is 0.342 e. The summed E-state index contributed by atoms with van der Waals surface area (Å²) in [5.74, 6) is -0.235. The van der Waals surface area contributed by atoms with Crippen LogP contribution in [0.15, 0.2) is 53.3 Å². The Bertz CT molecular complexity index is 910. The Morgan fingerprint density at radius 3 is 2.62 bits per heavy atom. The number of benzene rings is 1. The lowest BCUT2D eigenvalue weighted by atomic mass is 10.2. The quantitative estimate of drug-likeness (QED) is 0.766. The number of hydrogen-bond acceptors (Lipinski definition) is 5. The number of alkyl halides is 3. The van der Waals surface area contributed by atoms with E-state index in [4.69, 9.17) is 4.52 Å². The molecule has 26 heavy (non-hydrogen) atoms. The van der Waals surface area contributed by atoms with Crippen LogP contribution in [0.3, 0.4) is 0 Å². The van der Waals surface area contributed by atoms with Gasteiger partial charge in [-0.1, -0.05) is 23.4 Å². The summed E-state index contributed by atoms with van der Waals surface area (Å²) in [4.78, 5) is 19.8. The number of nitrogens with zero attached hydrogens (tertiary/aromatic N) is 3. The van der Waals surface area contributed by atoms with Crippen molar-refractivity contribution in [2.75, 3.05) is 0 Å². The van der Waals surface area contributed by atoms with E-state index in [1.807, 2.05) is 18.2 Å². The standard InChI is InChI=1S/C17H13F3N4O2/c1-10(14-23-16(26-24-14)11-5-3-2-4-6-11)22-15(25)12-7-13(9-21-8-12)17(18,19)20/h2-10H,1H3,(H,22,25). The molecule has 0 saturated carbocycles. The van der Waals surface area contributed by atoms with Gasteiger partial charge in [0.2, 0.25) is 0 Å². The van der Waals surface area contributed by atoms with Crippen molar-refractivity contribution in [3.8, 4) is 11.5 Å². The summed E-state index contributed by atoms with van der Waals surface area (Å²) in [5, 5.41) is 6.32.